The van der Waals surface area contributed by atoms with Gasteiger partial charge in [0.15, 0.2) is 17.4 Å². The maximum atomic E-state index is 14.9. The molecule has 0 saturated carbocycles. The van der Waals surface area contributed by atoms with Gasteiger partial charge in [-0.25, -0.2) is 9.49 Å². The molecular formula is C30H28FN7O4. The van der Waals surface area contributed by atoms with Gasteiger partial charge < -0.3 is 18.6 Å². The topological polar surface area (TPSA) is 122 Å². The average molecular weight is 570 g/mol. The zero-order valence-corrected chi connectivity index (χ0v) is 22.8. The SMILES string of the molecule is O=C(c1cc(Cc2n[nH]c(=O)c3ccccc23)ccc1F)N1CCn2c(nnc2-c2ccc(CN3CCOCC3)o2)C1. The van der Waals surface area contributed by atoms with E-state index in [1.807, 2.05) is 28.8 Å². The van der Waals surface area contributed by atoms with Crippen LogP contribution in [0.4, 0.5) is 4.39 Å². The molecule has 1 amide bonds. The van der Waals surface area contributed by atoms with Crippen molar-refractivity contribution < 1.29 is 18.3 Å². The molecule has 1 fully saturated rings. The van der Waals surface area contributed by atoms with Gasteiger partial charge in [0, 0.05) is 38.0 Å². The number of ether oxygens (including phenoxy) is 1. The second-order valence-electron chi connectivity index (χ2n) is 10.5. The van der Waals surface area contributed by atoms with Gasteiger partial charge in [-0.15, -0.1) is 10.2 Å². The Morgan fingerprint density at radius 1 is 0.976 bits per heavy atom. The van der Waals surface area contributed by atoms with Crippen molar-refractivity contribution in [2.75, 3.05) is 32.8 Å². The maximum absolute atomic E-state index is 14.9. The number of aromatic amines is 1. The Labute approximate surface area is 239 Å². The summed E-state index contributed by atoms with van der Waals surface area (Å²) >= 11 is 0. The van der Waals surface area contributed by atoms with E-state index in [0.717, 1.165) is 37.4 Å². The molecule has 42 heavy (non-hydrogen) atoms. The van der Waals surface area contributed by atoms with E-state index in [9.17, 15) is 14.0 Å². The smallest absolute Gasteiger partial charge is 0.272 e. The molecule has 0 spiro atoms. The third-order valence-electron chi connectivity index (χ3n) is 7.81. The average Bonchev–Trinajstić information content (AvgIpc) is 3.66. The highest BCUT2D eigenvalue weighted by molar-refractivity contribution is 5.94. The zero-order chi connectivity index (χ0) is 28.6. The Bertz CT molecular complexity index is 1840. The molecule has 2 aromatic carbocycles. The summed E-state index contributed by atoms with van der Waals surface area (Å²) in [5.74, 6) is 1.67. The number of H-pyrrole nitrogens is 1. The van der Waals surface area contributed by atoms with E-state index >= 15 is 0 Å². The van der Waals surface area contributed by atoms with E-state index in [0.29, 0.717) is 60.1 Å². The third kappa shape index (κ3) is 4.99. The number of furan rings is 1. The lowest BCUT2D eigenvalue weighted by Crippen LogP contribution is -2.39. The van der Waals surface area contributed by atoms with Crippen molar-refractivity contribution in [3.05, 3.63) is 99.2 Å². The first-order chi connectivity index (χ1) is 20.5. The normalized spacial score (nSPS) is 15.7. The van der Waals surface area contributed by atoms with Crippen LogP contribution in [0.25, 0.3) is 22.4 Å². The van der Waals surface area contributed by atoms with Crippen LogP contribution in [0.1, 0.15) is 33.2 Å². The monoisotopic (exact) mass is 569 g/mol. The number of fused-ring (bicyclic) bond motifs is 2. The fraction of sp³-hybridized carbons (Fsp3) is 0.300. The molecule has 0 bridgehead atoms. The molecule has 2 aliphatic heterocycles. The molecule has 2 aliphatic rings. The van der Waals surface area contributed by atoms with Crippen molar-refractivity contribution in [2.45, 2.75) is 26.1 Å². The number of halogens is 1. The molecule has 0 radical (unpaired) electrons. The molecule has 5 aromatic rings. The Hall–Kier alpha value is -4.68. The summed E-state index contributed by atoms with van der Waals surface area (Å²) in [6.07, 6.45) is 0.326. The minimum atomic E-state index is -0.598. The van der Waals surface area contributed by atoms with Gasteiger partial charge >= 0.3 is 0 Å². The van der Waals surface area contributed by atoms with Gasteiger partial charge in [-0.05, 0) is 35.9 Å². The second kappa shape index (κ2) is 11.0. The molecular weight excluding hydrogens is 541 g/mol. The van der Waals surface area contributed by atoms with Crippen LogP contribution in [-0.2, 0) is 30.8 Å². The predicted molar refractivity (Wildman–Crippen MR) is 150 cm³/mol. The molecule has 1 saturated heterocycles. The number of carbonyl (C=O) groups is 1. The lowest BCUT2D eigenvalue weighted by Gasteiger charge is -2.28. The summed E-state index contributed by atoms with van der Waals surface area (Å²) in [4.78, 5) is 29.5. The fourth-order valence-electron chi connectivity index (χ4n) is 5.59. The number of morpholine rings is 1. The van der Waals surface area contributed by atoms with Crippen molar-refractivity contribution in [3.63, 3.8) is 0 Å². The second-order valence-corrected chi connectivity index (χ2v) is 10.5. The Morgan fingerprint density at radius 3 is 2.67 bits per heavy atom. The van der Waals surface area contributed by atoms with E-state index in [2.05, 4.69) is 25.3 Å². The number of nitrogens with zero attached hydrogens (tertiary/aromatic N) is 6. The van der Waals surface area contributed by atoms with E-state index in [1.54, 1.807) is 29.2 Å². The molecule has 214 valence electrons. The predicted octanol–water partition coefficient (Wildman–Crippen LogP) is 2.99. The third-order valence-corrected chi connectivity index (χ3v) is 7.81. The van der Waals surface area contributed by atoms with Crippen LogP contribution in [0.3, 0.4) is 0 Å². The summed E-state index contributed by atoms with van der Waals surface area (Å²) in [6, 6.07) is 15.5. The van der Waals surface area contributed by atoms with Crippen molar-refractivity contribution >= 4 is 16.7 Å². The summed E-state index contributed by atoms with van der Waals surface area (Å²) in [6.45, 7) is 4.89. The van der Waals surface area contributed by atoms with Crippen molar-refractivity contribution in [3.8, 4) is 11.6 Å². The van der Waals surface area contributed by atoms with Crippen LogP contribution < -0.4 is 5.56 Å². The van der Waals surface area contributed by atoms with E-state index in [1.165, 1.54) is 6.07 Å². The van der Waals surface area contributed by atoms with Crippen LogP contribution in [0.5, 0.6) is 0 Å². The molecule has 12 heteroatoms. The van der Waals surface area contributed by atoms with Crippen molar-refractivity contribution in [1.29, 1.82) is 0 Å². The number of rotatable bonds is 6. The number of nitrogens with one attached hydrogen (secondary N) is 1. The van der Waals surface area contributed by atoms with Gasteiger partial charge in [-0.2, -0.15) is 5.10 Å². The molecule has 11 nitrogen and oxygen atoms in total. The fourth-order valence-corrected chi connectivity index (χ4v) is 5.59. The zero-order valence-electron chi connectivity index (χ0n) is 22.8. The van der Waals surface area contributed by atoms with Gasteiger partial charge in [0.2, 0.25) is 0 Å². The molecule has 5 heterocycles. The van der Waals surface area contributed by atoms with Crippen LogP contribution in [0, 0.1) is 5.82 Å². The summed E-state index contributed by atoms with van der Waals surface area (Å²) < 4.78 is 28.4. The largest absolute Gasteiger partial charge is 0.456 e. The maximum Gasteiger partial charge on any atom is 0.272 e. The van der Waals surface area contributed by atoms with Crippen LogP contribution in [0.15, 0.2) is 63.8 Å². The number of hydrogen-bond acceptors (Lipinski definition) is 8. The van der Waals surface area contributed by atoms with E-state index in [-0.39, 0.29) is 17.7 Å². The minimum Gasteiger partial charge on any atom is -0.456 e. The van der Waals surface area contributed by atoms with E-state index in [4.69, 9.17) is 9.15 Å². The molecule has 0 aliphatic carbocycles. The summed E-state index contributed by atoms with van der Waals surface area (Å²) in [5.41, 5.74) is 1.05. The summed E-state index contributed by atoms with van der Waals surface area (Å²) in [5, 5.41) is 16.6. The van der Waals surface area contributed by atoms with Gasteiger partial charge in [0.05, 0.1) is 42.9 Å². The standard InChI is InChI=1S/C30H28FN7O4/c31-24-7-5-19(16-25-21-3-1-2-4-22(21)29(39)35-32-25)15-23(24)30(40)37-9-10-38-27(18-37)33-34-28(38)26-8-6-20(42-26)17-36-11-13-41-14-12-36/h1-8,15H,9-14,16-18H2,(H,35,39). The van der Waals surface area contributed by atoms with Gasteiger partial charge in [-0.1, -0.05) is 24.3 Å². The Balaban J connectivity index is 1.08. The first-order valence-corrected chi connectivity index (χ1v) is 13.9. The first-order valence-electron chi connectivity index (χ1n) is 13.9. The van der Waals surface area contributed by atoms with Gasteiger partial charge in [0.25, 0.3) is 11.5 Å². The quantitative estimate of drug-likeness (QED) is 0.331. The van der Waals surface area contributed by atoms with Crippen LogP contribution in [0.2, 0.25) is 0 Å². The number of aromatic nitrogens is 5. The lowest BCUT2D eigenvalue weighted by atomic mass is 10.0. The summed E-state index contributed by atoms with van der Waals surface area (Å²) in [7, 11) is 0. The highest BCUT2D eigenvalue weighted by Crippen LogP contribution is 2.26. The molecule has 7 rings (SSSR count). The molecule has 0 atom stereocenters. The van der Waals surface area contributed by atoms with Crippen LogP contribution >= 0.6 is 0 Å². The highest BCUT2D eigenvalue weighted by Gasteiger charge is 2.28. The van der Waals surface area contributed by atoms with Crippen molar-refractivity contribution in [1.82, 2.24) is 34.8 Å². The first kappa shape index (κ1) is 26.2. The number of benzene rings is 2. The highest BCUT2D eigenvalue weighted by atomic mass is 19.1. The van der Waals surface area contributed by atoms with Crippen LogP contribution in [-0.4, -0.2) is 73.5 Å². The molecule has 0 unspecified atom stereocenters. The molecule has 3 aromatic heterocycles. The number of carbonyl (C=O) groups excluding carboxylic acids is 1. The lowest BCUT2D eigenvalue weighted by molar-refractivity contribution is 0.0314. The number of hydrogen-bond donors (Lipinski definition) is 1. The number of amides is 1. The minimum absolute atomic E-state index is 0.0202. The molecule has 1 N–H and O–H groups in total. The van der Waals surface area contributed by atoms with Gasteiger partial charge in [0.1, 0.15) is 11.6 Å². The Kier molecular flexibility index (Phi) is 6.84. The van der Waals surface area contributed by atoms with Gasteiger partial charge in [-0.3, -0.25) is 14.5 Å². The van der Waals surface area contributed by atoms with Crippen molar-refractivity contribution in [2.24, 2.45) is 0 Å². The Morgan fingerprint density at radius 2 is 1.81 bits per heavy atom. The van der Waals surface area contributed by atoms with E-state index < -0.39 is 11.7 Å².